The van der Waals surface area contributed by atoms with Crippen molar-refractivity contribution in [3.8, 4) is 0 Å². The molecule has 1 aliphatic heterocycles. The lowest BCUT2D eigenvalue weighted by Crippen LogP contribution is -2.15. The third kappa shape index (κ3) is 1.83. The molecule has 2 rings (SSSR count). The van der Waals surface area contributed by atoms with Gasteiger partial charge in [-0.3, -0.25) is 0 Å². The lowest BCUT2D eigenvalue weighted by molar-refractivity contribution is 0.576. The zero-order valence-electron chi connectivity index (χ0n) is 8.28. The number of hydrogen-bond donors (Lipinski definition) is 0. The molecule has 14 heavy (non-hydrogen) atoms. The average Bonchev–Trinajstić information content (AvgIpc) is 2.24. The van der Waals surface area contributed by atoms with Crippen LogP contribution in [0.3, 0.4) is 0 Å². The van der Waals surface area contributed by atoms with Gasteiger partial charge < -0.3 is 4.57 Å². The maximum atomic E-state index is 12.5. The fraction of sp³-hybridized carbons (Fsp3) is 0.333. The monoisotopic (exact) mass is 206 g/mol. The molecule has 2 heteroatoms. The summed E-state index contributed by atoms with van der Waals surface area (Å²) in [6.45, 7) is 3.95. The molecule has 0 radical (unpaired) electrons. The van der Waals surface area contributed by atoms with Gasteiger partial charge in [-0.05, 0) is 12.8 Å². The smallest absolute Gasteiger partial charge is 0.116 e. The van der Waals surface area contributed by atoms with Crippen LogP contribution in [0.5, 0.6) is 0 Å². The summed E-state index contributed by atoms with van der Waals surface area (Å²) < 4.78 is 12.5. The molecule has 1 saturated heterocycles. The second kappa shape index (κ2) is 3.74. The predicted molar refractivity (Wildman–Crippen MR) is 61.8 cm³/mol. The van der Waals surface area contributed by atoms with Crippen molar-refractivity contribution in [2.75, 3.05) is 12.3 Å². The molecule has 74 valence electrons. The van der Waals surface area contributed by atoms with Gasteiger partial charge in [0.1, 0.15) is 7.14 Å². The van der Waals surface area contributed by atoms with E-state index in [1.807, 2.05) is 30.3 Å². The molecule has 1 aliphatic rings. The van der Waals surface area contributed by atoms with Crippen LogP contribution in [0.25, 0.3) is 0 Å². The number of hydrogen-bond acceptors (Lipinski definition) is 1. The van der Waals surface area contributed by atoms with E-state index < -0.39 is 7.14 Å². The Labute approximate surface area is 85.2 Å². The van der Waals surface area contributed by atoms with Crippen LogP contribution in [0, 0.1) is 0 Å². The van der Waals surface area contributed by atoms with Gasteiger partial charge >= 0.3 is 0 Å². The van der Waals surface area contributed by atoms with Crippen LogP contribution in [-0.4, -0.2) is 12.3 Å². The van der Waals surface area contributed by atoms with Gasteiger partial charge in [-0.15, -0.1) is 0 Å². The van der Waals surface area contributed by atoms with Gasteiger partial charge in [0.05, 0.1) is 0 Å². The first-order valence-electron chi connectivity index (χ1n) is 5.01. The molecule has 1 fully saturated rings. The molecule has 0 saturated carbocycles. The standard InChI is InChI=1S/C12H15OP/c1-11-7-9-14(13,10-8-11)12-5-3-2-4-6-12/h2-6H,1,7-10H2. The number of allylic oxidation sites excluding steroid dienone is 1. The summed E-state index contributed by atoms with van der Waals surface area (Å²) >= 11 is 0. The van der Waals surface area contributed by atoms with Crippen molar-refractivity contribution in [3.05, 3.63) is 42.5 Å². The van der Waals surface area contributed by atoms with Crippen LogP contribution in [0.1, 0.15) is 12.8 Å². The summed E-state index contributed by atoms with van der Waals surface area (Å²) in [5.41, 5.74) is 1.26. The summed E-state index contributed by atoms with van der Waals surface area (Å²) in [6, 6.07) is 9.90. The highest BCUT2D eigenvalue weighted by atomic mass is 31.2. The van der Waals surface area contributed by atoms with Crippen LogP contribution in [0.15, 0.2) is 42.5 Å². The van der Waals surface area contributed by atoms with Gasteiger partial charge in [-0.25, -0.2) is 0 Å². The summed E-state index contributed by atoms with van der Waals surface area (Å²) in [5, 5.41) is 1.05. The molecule has 1 nitrogen and oxygen atoms in total. The molecular weight excluding hydrogens is 191 g/mol. The molecule has 0 aliphatic carbocycles. The quantitative estimate of drug-likeness (QED) is 0.510. The van der Waals surface area contributed by atoms with Crippen molar-refractivity contribution in [2.24, 2.45) is 0 Å². The highest BCUT2D eigenvalue weighted by Crippen LogP contribution is 2.49. The first-order valence-corrected chi connectivity index (χ1v) is 7.09. The van der Waals surface area contributed by atoms with Gasteiger partial charge in [0.2, 0.25) is 0 Å². The summed E-state index contributed by atoms with van der Waals surface area (Å²) in [6.07, 6.45) is 3.50. The van der Waals surface area contributed by atoms with Crippen LogP contribution in [0.2, 0.25) is 0 Å². The van der Waals surface area contributed by atoms with Crippen molar-refractivity contribution in [3.63, 3.8) is 0 Å². The van der Waals surface area contributed by atoms with Crippen molar-refractivity contribution >= 4 is 12.4 Å². The largest absolute Gasteiger partial charge is 0.319 e. The van der Waals surface area contributed by atoms with Gasteiger partial charge in [0.25, 0.3) is 0 Å². The second-order valence-electron chi connectivity index (χ2n) is 3.92. The third-order valence-corrected chi connectivity index (χ3v) is 6.01. The maximum Gasteiger partial charge on any atom is 0.116 e. The molecule has 0 amide bonds. The molecule has 1 aromatic carbocycles. The molecule has 0 bridgehead atoms. The number of rotatable bonds is 1. The van der Waals surface area contributed by atoms with E-state index in [-0.39, 0.29) is 0 Å². The maximum absolute atomic E-state index is 12.5. The van der Waals surface area contributed by atoms with E-state index in [1.165, 1.54) is 5.57 Å². The molecule has 0 atom stereocenters. The molecule has 0 spiro atoms. The molecule has 1 aromatic rings. The van der Waals surface area contributed by atoms with Crippen LogP contribution >= 0.6 is 7.14 Å². The molecular formula is C12H15OP. The minimum atomic E-state index is -2.06. The predicted octanol–water partition coefficient (Wildman–Crippen LogP) is 3.03. The van der Waals surface area contributed by atoms with Gasteiger partial charge in [0, 0.05) is 17.6 Å². The Morgan fingerprint density at radius 3 is 2.21 bits per heavy atom. The average molecular weight is 206 g/mol. The Morgan fingerprint density at radius 1 is 1.07 bits per heavy atom. The zero-order valence-corrected chi connectivity index (χ0v) is 9.17. The van der Waals surface area contributed by atoms with E-state index in [1.54, 1.807) is 0 Å². The fourth-order valence-electron chi connectivity index (χ4n) is 1.87. The van der Waals surface area contributed by atoms with Crippen LogP contribution < -0.4 is 5.30 Å². The fourth-order valence-corrected chi connectivity index (χ4v) is 4.68. The van der Waals surface area contributed by atoms with Crippen molar-refractivity contribution in [1.82, 2.24) is 0 Å². The Kier molecular flexibility index (Phi) is 2.60. The van der Waals surface area contributed by atoms with Gasteiger partial charge in [-0.1, -0.05) is 42.5 Å². The first kappa shape index (κ1) is 9.73. The van der Waals surface area contributed by atoms with E-state index in [4.69, 9.17) is 0 Å². The Morgan fingerprint density at radius 2 is 1.64 bits per heavy atom. The van der Waals surface area contributed by atoms with Gasteiger partial charge in [0.15, 0.2) is 0 Å². The van der Waals surface area contributed by atoms with E-state index >= 15 is 0 Å². The highest BCUT2D eigenvalue weighted by Gasteiger charge is 2.27. The third-order valence-electron chi connectivity index (χ3n) is 2.88. The lowest BCUT2D eigenvalue weighted by atomic mass is 10.2. The summed E-state index contributed by atoms with van der Waals surface area (Å²) in [7, 11) is -2.06. The van der Waals surface area contributed by atoms with E-state index in [0.29, 0.717) is 0 Å². The Bertz CT molecular complexity index is 367. The van der Waals surface area contributed by atoms with Crippen LogP contribution in [0.4, 0.5) is 0 Å². The van der Waals surface area contributed by atoms with E-state index in [9.17, 15) is 4.57 Å². The zero-order chi connectivity index (χ0) is 10.0. The Hall–Kier alpha value is -0.810. The van der Waals surface area contributed by atoms with E-state index in [0.717, 1.165) is 30.5 Å². The highest BCUT2D eigenvalue weighted by molar-refractivity contribution is 7.71. The Balaban J connectivity index is 2.26. The molecule has 1 heterocycles. The van der Waals surface area contributed by atoms with E-state index in [2.05, 4.69) is 6.58 Å². The van der Waals surface area contributed by atoms with Gasteiger partial charge in [-0.2, -0.15) is 0 Å². The molecule has 0 aromatic heterocycles. The van der Waals surface area contributed by atoms with Crippen molar-refractivity contribution < 1.29 is 4.57 Å². The first-order chi connectivity index (χ1) is 6.71. The molecule has 0 unspecified atom stereocenters. The SMILES string of the molecule is C=C1CCP(=O)(c2ccccc2)CC1. The lowest BCUT2D eigenvalue weighted by Gasteiger charge is -2.24. The minimum Gasteiger partial charge on any atom is -0.319 e. The summed E-state index contributed by atoms with van der Waals surface area (Å²) in [5.74, 6) is 0. The topological polar surface area (TPSA) is 17.1 Å². The summed E-state index contributed by atoms with van der Waals surface area (Å²) in [4.78, 5) is 0. The number of benzene rings is 1. The molecule has 0 N–H and O–H groups in total. The second-order valence-corrected chi connectivity index (χ2v) is 7.11. The van der Waals surface area contributed by atoms with Crippen LogP contribution in [-0.2, 0) is 4.57 Å². The van der Waals surface area contributed by atoms with Crippen molar-refractivity contribution in [1.29, 1.82) is 0 Å². The normalized spacial score (nSPS) is 20.7. The minimum absolute atomic E-state index is 0.815. The van der Waals surface area contributed by atoms with Crippen molar-refractivity contribution in [2.45, 2.75) is 12.8 Å².